The van der Waals surface area contributed by atoms with Gasteiger partial charge in [0.1, 0.15) is 0 Å². The van der Waals surface area contributed by atoms with E-state index in [0.29, 0.717) is 6.04 Å². The van der Waals surface area contributed by atoms with Crippen molar-refractivity contribution in [3.8, 4) is 11.5 Å². The average Bonchev–Trinajstić information content (AvgIpc) is 2.87. The molecule has 0 spiro atoms. The number of methoxy groups -OCH3 is 1. The maximum atomic E-state index is 5.85. The van der Waals surface area contributed by atoms with Gasteiger partial charge in [-0.05, 0) is 36.8 Å². The summed E-state index contributed by atoms with van der Waals surface area (Å²) in [6.07, 6.45) is 1.10. The molecule has 4 heteroatoms. The molecule has 1 aromatic carbocycles. The SMILES string of the molecule is CCNC1CSCC1CCOc1ccccc1OC. The fourth-order valence-corrected chi connectivity index (χ4v) is 3.91. The van der Waals surface area contributed by atoms with E-state index < -0.39 is 0 Å². The molecule has 19 heavy (non-hydrogen) atoms. The second-order valence-corrected chi connectivity index (χ2v) is 5.82. The van der Waals surface area contributed by atoms with E-state index in [1.54, 1.807) is 7.11 Å². The summed E-state index contributed by atoms with van der Waals surface area (Å²) in [5, 5.41) is 3.56. The molecule has 1 N–H and O–H groups in total. The molecule has 2 rings (SSSR count). The van der Waals surface area contributed by atoms with Crippen LogP contribution in [0.15, 0.2) is 24.3 Å². The van der Waals surface area contributed by atoms with Gasteiger partial charge in [0.15, 0.2) is 11.5 Å². The first-order valence-electron chi connectivity index (χ1n) is 6.92. The van der Waals surface area contributed by atoms with E-state index in [-0.39, 0.29) is 0 Å². The highest BCUT2D eigenvalue weighted by Gasteiger charge is 2.26. The third-order valence-corrected chi connectivity index (χ3v) is 4.74. The minimum Gasteiger partial charge on any atom is -0.493 e. The van der Waals surface area contributed by atoms with Crippen LogP contribution in [0, 0.1) is 5.92 Å². The zero-order valence-corrected chi connectivity index (χ0v) is 12.5. The first-order valence-corrected chi connectivity index (χ1v) is 8.07. The highest BCUT2D eigenvalue weighted by atomic mass is 32.2. The van der Waals surface area contributed by atoms with Crippen molar-refractivity contribution < 1.29 is 9.47 Å². The third kappa shape index (κ3) is 4.05. The number of nitrogens with one attached hydrogen (secondary N) is 1. The van der Waals surface area contributed by atoms with E-state index in [1.165, 1.54) is 11.5 Å². The zero-order chi connectivity index (χ0) is 13.5. The number of hydrogen-bond donors (Lipinski definition) is 1. The fraction of sp³-hybridized carbons (Fsp3) is 0.600. The quantitative estimate of drug-likeness (QED) is 0.832. The Balaban J connectivity index is 1.79. The molecule has 3 nitrogen and oxygen atoms in total. The van der Waals surface area contributed by atoms with Crippen LogP contribution in [0.3, 0.4) is 0 Å². The summed E-state index contributed by atoms with van der Waals surface area (Å²) in [4.78, 5) is 0. The van der Waals surface area contributed by atoms with Gasteiger partial charge < -0.3 is 14.8 Å². The molecule has 106 valence electrons. The highest BCUT2D eigenvalue weighted by molar-refractivity contribution is 7.99. The summed E-state index contributed by atoms with van der Waals surface area (Å²) in [6, 6.07) is 8.48. The lowest BCUT2D eigenvalue weighted by atomic mass is 10.0. The molecule has 0 aliphatic carbocycles. The smallest absolute Gasteiger partial charge is 0.161 e. The van der Waals surface area contributed by atoms with E-state index in [0.717, 1.165) is 37.0 Å². The Bertz CT molecular complexity index is 386. The molecule has 1 fully saturated rings. The van der Waals surface area contributed by atoms with Crippen molar-refractivity contribution in [1.29, 1.82) is 0 Å². The van der Waals surface area contributed by atoms with Crippen molar-refractivity contribution in [3.05, 3.63) is 24.3 Å². The average molecular weight is 281 g/mol. The van der Waals surface area contributed by atoms with Gasteiger partial charge in [-0.1, -0.05) is 19.1 Å². The number of hydrogen-bond acceptors (Lipinski definition) is 4. The van der Waals surface area contributed by atoms with Crippen molar-refractivity contribution in [3.63, 3.8) is 0 Å². The Hall–Kier alpha value is -0.870. The number of para-hydroxylation sites is 2. The summed E-state index contributed by atoms with van der Waals surface area (Å²) in [7, 11) is 1.68. The fourth-order valence-electron chi connectivity index (χ4n) is 2.43. The van der Waals surface area contributed by atoms with Crippen LogP contribution in [0.5, 0.6) is 11.5 Å². The van der Waals surface area contributed by atoms with Crippen LogP contribution in [0.1, 0.15) is 13.3 Å². The molecule has 0 saturated carbocycles. The van der Waals surface area contributed by atoms with Crippen LogP contribution in [0.2, 0.25) is 0 Å². The van der Waals surface area contributed by atoms with Gasteiger partial charge >= 0.3 is 0 Å². The molecule has 1 saturated heterocycles. The number of thioether (sulfide) groups is 1. The molecule has 0 amide bonds. The molecule has 2 atom stereocenters. The third-order valence-electron chi connectivity index (χ3n) is 3.48. The van der Waals surface area contributed by atoms with Crippen molar-refractivity contribution in [2.75, 3.05) is 31.8 Å². The van der Waals surface area contributed by atoms with Gasteiger partial charge in [-0.25, -0.2) is 0 Å². The topological polar surface area (TPSA) is 30.5 Å². The van der Waals surface area contributed by atoms with E-state index >= 15 is 0 Å². The molecule has 2 unspecified atom stereocenters. The lowest BCUT2D eigenvalue weighted by molar-refractivity contribution is 0.257. The monoisotopic (exact) mass is 281 g/mol. The van der Waals surface area contributed by atoms with Gasteiger partial charge in [0.2, 0.25) is 0 Å². The van der Waals surface area contributed by atoms with E-state index in [9.17, 15) is 0 Å². The molecule has 1 aliphatic heterocycles. The summed E-state index contributed by atoms with van der Waals surface area (Å²) < 4.78 is 11.1. The molecule has 1 heterocycles. The Kier molecular flexibility index (Phi) is 5.86. The van der Waals surface area contributed by atoms with Gasteiger partial charge in [-0.2, -0.15) is 11.8 Å². The Morgan fingerprint density at radius 3 is 2.79 bits per heavy atom. The first-order chi connectivity index (χ1) is 9.35. The van der Waals surface area contributed by atoms with E-state index in [1.807, 2.05) is 36.0 Å². The lowest BCUT2D eigenvalue weighted by Crippen LogP contribution is -2.35. The van der Waals surface area contributed by atoms with Crippen LogP contribution < -0.4 is 14.8 Å². The van der Waals surface area contributed by atoms with E-state index in [4.69, 9.17) is 9.47 Å². The lowest BCUT2D eigenvalue weighted by Gasteiger charge is -2.19. The van der Waals surface area contributed by atoms with Crippen LogP contribution in [0.25, 0.3) is 0 Å². The molecular formula is C15H23NO2S. The summed E-state index contributed by atoms with van der Waals surface area (Å²) in [6.45, 7) is 3.98. The largest absolute Gasteiger partial charge is 0.493 e. The first kappa shape index (κ1) is 14.5. The predicted octanol–water partition coefficient (Wildman–Crippen LogP) is 2.81. The maximum Gasteiger partial charge on any atom is 0.161 e. The maximum absolute atomic E-state index is 5.85. The molecular weight excluding hydrogens is 258 g/mol. The predicted molar refractivity (Wildman–Crippen MR) is 81.4 cm³/mol. The van der Waals surface area contributed by atoms with E-state index in [2.05, 4.69) is 12.2 Å². The van der Waals surface area contributed by atoms with Gasteiger partial charge in [-0.3, -0.25) is 0 Å². The van der Waals surface area contributed by atoms with Crippen molar-refractivity contribution in [2.24, 2.45) is 5.92 Å². The van der Waals surface area contributed by atoms with Crippen molar-refractivity contribution >= 4 is 11.8 Å². The summed E-state index contributed by atoms with van der Waals surface area (Å²) in [5.74, 6) is 4.85. The van der Waals surface area contributed by atoms with Gasteiger partial charge in [0.25, 0.3) is 0 Å². The molecule has 0 radical (unpaired) electrons. The summed E-state index contributed by atoms with van der Waals surface area (Å²) in [5.41, 5.74) is 0. The van der Waals surface area contributed by atoms with Crippen LogP contribution in [0.4, 0.5) is 0 Å². The Labute approximate surface area is 120 Å². The normalized spacial score (nSPS) is 22.4. The van der Waals surface area contributed by atoms with Gasteiger partial charge in [0, 0.05) is 11.8 Å². The molecule has 0 bridgehead atoms. The Morgan fingerprint density at radius 2 is 2.05 bits per heavy atom. The van der Waals surface area contributed by atoms with Gasteiger partial charge in [0.05, 0.1) is 13.7 Å². The van der Waals surface area contributed by atoms with Gasteiger partial charge in [-0.15, -0.1) is 0 Å². The van der Waals surface area contributed by atoms with Crippen LogP contribution in [-0.4, -0.2) is 37.8 Å². The van der Waals surface area contributed by atoms with Crippen LogP contribution in [-0.2, 0) is 0 Å². The van der Waals surface area contributed by atoms with Crippen LogP contribution >= 0.6 is 11.8 Å². The highest BCUT2D eigenvalue weighted by Crippen LogP contribution is 2.29. The second kappa shape index (κ2) is 7.65. The zero-order valence-electron chi connectivity index (χ0n) is 11.7. The van der Waals surface area contributed by atoms with Crippen molar-refractivity contribution in [1.82, 2.24) is 5.32 Å². The second-order valence-electron chi connectivity index (χ2n) is 4.75. The minimum absolute atomic E-state index is 0.649. The van der Waals surface area contributed by atoms with Crippen molar-refractivity contribution in [2.45, 2.75) is 19.4 Å². The number of benzene rings is 1. The summed E-state index contributed by atoms with van der Waals surface area (Å²) >= 11 is 2.04. The number of rotatable bonds is 7. The molecule has 0 aromatic heterocycles. The standard InChI is InChI=1S/C15H23NO2S/c1-3-16-13-11-19-10-12(13)8-9-18-15-7-5-4-6-14(15)17-2/h4-7,12-13,16H,3,8-11H2,1-2H3. The number of ether oxygens (including phenoxy) is 2. The Morgan fingerprint density at radius 1 is 1.26 bits per heavy atom. The minimum atomic E-state index is 0.649. The molecule has 1 aliphatic rings. The molecule has 1 aromatic rings.